The Hall–Kier alpha value is -1.35. The SMILES string of the molecule is CCC(=O)c1ccc(N2CCN(CC)CC2)cc1. The third-order valence-electron chi connectivity index (χ3n) is 3.70. The minimum Gasteiger partial charge on any atom is -0.369 e. The van der Waals surface area contributed by atoms with Crippen LogP contribution in [0.25, 0.3) is 0 Å². The van der Waals surface area contributed by atoms with Crippen LogP contribution in [0.5, 0.6) is 0 Å². The number of carbonyl (C=O) groups excluding carboxylic acids is 1. The van der Waals surface area contributed by atoms with E-state index in [1.54, 1.807) is 0 Å². The van der Waals surface area contributed by atoms with Gasteiger partial charge in [0.25, 0.3) is 0 Å². The topological polar surface area (TPSA) is 23.6 Å². The van der Waals surface area contributed by atoms with E-state index in [9.17, 15) is 4.79 Å². The number of likely N-dealkylation sites (N-methyl/N-ethyl adjacent to an activating group) is 1. The lowest BCUT2D eigenvalue weighted by atomic mass is 10.1. The number of anilines is 1. The molecule has 0 unspecified atom stereocenters. The molecule has 1 aromatic carbocycles. The van der Waals surface area contributed by atoms with Crippen molar-refractivity contribution in [2.75, 3.05) is 37.6 Å². The Kier molecular flexibility index (Phi) is 4.37. The first kappa shape index (κ1) is 13.1. The molecule has 1 aliphatic heterocycles. The fourth-order valence-electron chi connectivity index (χ4n) is 2.38. The second-order valence-corrected chi connectivity index (χ2v) is 4.74. The van der Waals surface area contributed by atoms with Crippen LogP contribution >= 0.6 is 0 Å². The largest absolute Gasteiger partial charge is 0.369 e. The van der Waals surface area contributed by atoms with Gasteiger partial charge in [0.05, 0.1) is 0 Å². The summed E-state index contributed by atoms with van der Waals surface area (Å²) in [7, 11) is 0. The van der Waals surface area contributed by atoms with Crippen LogP contribution < -0.4 is 4.90 Å². The summed E-state index contributed by atoms with van der Waals surface area (Å²) in [4.78, 5) is 16.4. The fourth-order valence-corrected chi connectivity index (χ4v) is 2.38. The number of hydrogen-bond donors (Lipinski definition) is 0. The second kappa shape index (κ2) is 6.01. The number of hydrogen-bond acceptors (Lipinski definition) is 3. The quantitative estimate of drug-likeness (QED) is 0.762. The van der Waals surface area contributed by atoms with Crippen LogP contribution in [0.1, 0.15) is 30.6 Å². The molecule has 18 heavy (non-hydrogen) atoms. The molecule has 2 rings (SSSR count). The van der Waals surface area contributed by atoms with Crippen molar-refractivity contribution >= 4 is 11.5 Å². The zero-order chi connectivity index (χ0) is 13.0. The van der Waals surface area contributed by atoms with Gasteiger partial charge in [-0.3, -0.25) is 4.79 Å². The van der Waals surface area contributed by atoms with Gasteiger partial charge in [-0.05, 0) is 30.8 Å². The maximum absolute atomic E-state index is 11.6. The molecule has 0 N–H and O–H groups in total. The van der Waals surface area contributed by atoms with E-state index in [2.05, 4.69) is 28.9 Å². The Morgan fingerprint density at radius 2 is 1.67 bits per heavy atom. The first-order chi connectivity index (χ1) is 8.74. The number of Topliss-reactive ketones (excluding diaryl/α,β-unsaturated/α-hetero) is 1. The van der Waals surface area contributed by atoms with E-state index in [-0.39, 0.29) is 5.78 Å². The standard InChI is InChI=1S/C15H22N2O/c1-3-15(18)13-5-7-14(8-6-13)17-11-9-16(4-2)10-12-17/h5-8H,3-4,9-12H2,1-2H3. The predicted octanol–water partition coefficient (Wildman–Crippen LogP) is 2.42. The Morgan fingerprint density at radius 3 is 2.17 bits per heavy atom. The molecule has 1 aliphatic rings. The zero-order valence-electron chi connectivity index (χ0n) is 11.4. The van der Waals surface area contributed by atoms with Crippen LogP contribution in [0.15, 0.2) is 24.3 Å². The van der Waals surface area contributed by atoms with Gasteiger partial charge in [0.1, 0.15) is 0 Å². The van der Waals surface area contributed by atoms with Gasteiger partial charge < -0.3 is 9.80 Å². The fraction of sp³-hybridized carbons (Fsp3) is 0.533. The summed E-state index contributed by atoms with van der Waals surface area (Å²) in [5, 5.41) is 0. The van der Waals surface area contributed by atoms with Gasteiger partial charge in [-0.25, -0.2) is 0 Å². The van der Waals surface area contributed by atoms with Crippen LogP contribution in [0.2, 0.25) is 0 Å². The Labute approximate surface area is 109 Å². The molecule has 0 spiro atoms. The van der Waals surface area contributed by atoms with Crippen LogP contribution in [0.4, 0.5) is 5.69 Å². The Balaban J connectivity index is 2.00. The molecule has 3 heteroatoms. The van der Waals surface area contributed by atoms with E-state index in [0.29, 0.717) is 6.42 Å². The molecule has 0 atom stereocenters. The molecule has 1 saturated heterocycles. The summed E-state index contributed by atoms with van der Waals surface area (Å²) in [5.74, 6) is 0.220. The van der Waals surface area contributed by atoms with Crippen molar-refractivity contribution in [1.82, 2.24) is 4.90 Å². The van der Waals surface area contributed by atoms with Gasteiger partial charge in [-0.1, -0.05) is 13.8 Å². The lowest BCUT2D eigenvalue weighted by Gasteiger charge is -2.35. The van der Waals surface area contributed by atoms with E-state index in [1.165, 1.54) is 5.69 Å². The van der Waals surface area contributed by atoms with Crippen molar-refractivity contribution < 1.29 is 4.79 Å². The van der Waals surface area contributed by atoms with Crippen molar-refractivity contribution in [1.29, 1.82) is 0 Å². The third kappa shape index (κ3) is 2.91. The maximum atomic E-state index is 11.6. The predicted molar refractivity (Wildman–Crippen MR) is 75.4 cm³/mol. The molecular formula is C15H22N2O. The number of rotatable bonds is 4. The van der Waals surface area contributed by atoms with Crippen LogP contribution in [-0.4, -0.2) is 43.4 Å². The molecule has 0 amide bonds. The highest BCUT2D eigenvalue weighted by Crippen LogP contribution is 2.17. The molecule has 1 fully saturated rings. The summed E-state index contributed by atoms with van der Waals surface area (Å²) in [6, 6.07) is 8.05. The van der Waals surface area contributed by atoms with Crippen molar-refractivity contribution in [3.05, 3.63) is 29.8 Å². The monoisotopic (exact) mass is 246 g/mol. The molecule has 0 bridgehead atoms. The Morgan fingerprint density at radius 1 is 1.06 bits per heavy atom. The first-order valence-electron chi connectivity index (χ1n) is 6.85. The average molecular weight is 246 g/mol. The van der Waals surface area contributed by atoms with Gasteiger partial charge in [-0.2, -0.15) is 0 Å². The normalized spacial score (nSPS) is 16.9. The van der Waals surface area contributed by atoms with Crippen LogP contribution in [0, 0.1) is 0 Å². The molecule has 1 heterocycles. The number of piperazine rings is 1. The van der Waals surface area contributed by atoms with E-state index < -0.39 is 0 Å². The van der Waals surface area contributed by atoms with Gasteiger partial charge in [0.2, 0.25) is 0 Å². The van der Waals surface area contributed by atoms with Crippen molar-refractivity contribution in [2.24, 2.45) is 0 Å². The van der Waals surface area contributed by atoms with Crippen molar-refractivity contribution in [3.8, 4) is 0 Å². The molecule has 98 valence electrons. The number of benzene rings is 1. The highest BCUT2D eigenvalue weighted by atomic mass is 16.1. The summed E-state index contributed by atoms with van der Waals surface area (Å²) < 4.78 is 0. The lowest BCUT2D eigenvalue weighted by molar-refractivity contribution is 0.0988. The minimum atomic E-state index is 0.220. The molecular weight excluding hydrogens is 224 g/mol. The lowest BCUT2D eigenvalue weighted by Crippen LogP contribution is -2.46. The highest BCUT2D eigenvalue weighted by molar-refractivity contribution is 5.96. The highest BCUT2D eigenvalue weighted by Gasteiger charge is 2.15. The van der Waals surface area contributed by atoms with E-state index in [4.69, 9.17) is 0 Å². The first-order valence-corrected chi connectivity index (χ1v) is 6.85. The van der Waals surface area contributed by atoms with Gasteiger partial charge >= 0.3 is 0 Å². The molecule has 1 aromatic rings. The molecule has 3 nitrogen and oxygen atoms in total. The summed E-state index contributed by atoms with van der Waals surface area (Å²) in [6.07, 6.45) is 0.578. The summed E-state index contributed by atoms with van der Waals surface area (Å²) in [5.41, 5.74) is 2.06. The molecule has 0 saturated carbocycles. The van der Waals surface area contributed by atoms with Gasteiger partial charge in [0.15, 0.2) is 5.78 Å². The maximum Gasteiger partial charge on any atom is 0.162 e. The smallest absolute Gasteiger partial charge is 0.162 e. The molecule has 0 aliphatic carbocycles. The minimum absolute atomic E-state index is 0.220. The molecule has 0 aromatic heterocycles. The zero-order valence-corrected chi connectivity index (χ0v) is 11.4. The van der Waals surface area contributed by atoms with Crippen LogP contribution in [0.3, 0.4) is 0 Å². The van der Waals surface area contributed by atoms with Gasteiger partial charge in [0, 0.05) is 43.9 Å². The summed E-state index contributed by atoms with van der Waals surface area (Å²) >= 11 is 0. The van der Waals surface area contributed by atoms with E-state index in [1.807, 2.05) is 19.1 Å². The number of ketones is 1. The van der Waals surface area contributed by atoms with Crippen molar-refractivity contribution in [2.45, 2.75) is 20.3 Å². The van der Waals surface area contributed by atoms with E-state index in [0.717, 1.165) is 38.3 Å². The second-order valence-electron chi connectivity index (χ2n) is 4.74. The average Bonchev–Trinajstić information content (AvgIpc) is 2.47. The van der Waals surface area contributed by atoms with Crippen LogP contribution in [-0.2, 0) is 0 Å². The van der Waals surface area contributed by atoms with E-state index >= 15 is 0 Å². The molecule has 0 radical (unpaired) electrons. The number of carbonyl (C=O) groups is 1. The van der Waals surface area contributed by atoms with Crippen molar-refractivity contribution in [3.63, 3.8) is 0 Å². The summed E-state index contributed by atoms with van der Waals surface area (Å²) in [6.45, 7) is 9.67. The van der Waals surface area contributed by atoms with Gasteiger partial charge in [-0.15, -0.1) is 0 Å². The third-order valence-corrected chi connectivity index (χ3v) is 3.70. The number of nitrogens with zero attached hydrogens (tertiary/aromatic N) is 2. The Bertz CT molecular complexity index is 391.